The van der Waals surface area contributed by atoms with Gasteiger partial charge in [0.05, 0.1) is 0 Å². The molecule has 1 unspecified atom stereocenters. The summed E-state index contributed by atoms with van der Waals surface area (Å²) < 4.78 is 0. The molecule has 174 valence electrons. The van der Waals surface area contributed by atoms with Crippen LogP contribution in [-0.4, -0.2) is 0 Å². The summed E-state index contributed by atoms with van der Waals surface area (Å²) in [6.07, 6.45) is 13.1. The van der Waals surface area contributed by atoms with Crippen molar-refractivity contribution in [1.82, 2.24) is 0 Å². The molecule has 1 aromatic carbocycles. The van der Waals surface area contributed by atoms with Crippen molar-refractivity contribution >= 4 is 22.7 Å². The van der Waals surface area contributed by atoms with Crippen LogP contribution < -0.4 is 0 Å². The van der Waals surface area contributed by atoms with Crippen LogP contribution in [0.2, 0.25) is 0 Å². The van der Waals surface area contributed by atoms with Crippen LogP contribution in [0.1, 0.15) is 93.0 Å². The van der Waals surface area contributed by atoms with Gasteiger partial charge in [-0.25, -0.2) is 0 Å². The standard InChI is InChI=1S/C30H42S2/c1-6-9-11-12-14-27-19-22(4)31-30(27)29-21-28(23(5)32-29)26-17-15-25(16-18-26)20-24(8-3)13-10-7-2/h15-19,21,24H,6-14,20H2,1-5H3. The second kappa shape index (κ2) is 12.8. The first-order valence-corrected chi connectivity index (χ1v) is 14.5. The molecular weight excluding hydrogens is 424 g/mol. The molecule has 0 aliphatic rings. The number of unbranched alkanes of at least 4 members (excludes halogenated alkanes) is 4. The van der Waals surface area contributed by atoms with Crippen LogP contribution in [0.3, 0.4) is 0 Å². The summed E-state index contributed by atoms with van der Waals surface area (Å²) in [5.41, 5.74) is 5.84. The molecule has 0 N–H and O–H groups in total. The van der Waals surface area contributed by atoms with E-state index in [2.05, 4.69) is 71.0 Å². The summed E-state index contributed by atoms with van der Waals surface area (Å²) in [6, 6.07) is 14.3. The predicted molar refractivity (Wildman–Crippen MR) is 147 cm³/mol. The zero-order valence-corrected chi connectivity index (χ0v) is 22.6. The quantitative estimate of drug-likeness (QED) is 0.220. The lowest BCUT2D eigenvalue weighted by atomic mass is 9.91. The zero-order chi connectivity index (χ0) is 22.9. The summed E-state index contributed by atoms with van der Waals surface area (Å²) in [5.74, 6) is 0.827. The topological polar surface area (TPSA) is 0 Å². The molecule has 3 aromatic rings. The van der Waals surface area contributed by atoms with Crippen molar-refractivity contribution in [3.05, 3.63) is 57.3 Å². The summed E-state index contributed by atoms with van der Waals surface area (Å²) in [6.45, 7) is 11.5. The van der Waals surface area contributed by atoms with Crippen LogP contribution in [0.4, 0.5) is 0 Å². The average molecular weight is 467 g/mol. The van der Waals surface area contributed by atoms with Crippen molar-refractivity contribution in [3.8, 4) is 20.9 Å². The van der Waals surface area contributed by atoms with Crippen molar-refractivity contribution in [2.45, 2.75) is 98.8 Å². The van der Waals surface area contributed by atoms with Gasteiger partial charge in [0.2, 0.25) is 0 Å². The monoisotopic (exact) mass is 466 g/mol. The maximum atomic E-state index is 2.45. The van der Waals surface area contributed by atoms with Crippen LogP contribution in [-0.2, 0) is 12.8 Å². The van der Waals surface area contributed by atoms with Crippen LogP contribution in [0.25, 0.3) is 20.9 Å². The minimum Gasteiger partial charge on any atom is -0.139 e. The fourth-order valence-corrected chi connectivity index (χ4v) is 6.92. The Kier molecular flexibility index (Phi) is 10.1. The van der Waals surface area contributed by atoms with Gasteiger partial charge in [-0.2, -0.15) is 0 Å². The number of hydrogen-bond donors (Lipinski definition) is 0. The third-order valence-corrected chi connectivity index (χ3v) is 9.03. The van der Waals surface area contributed by atoms with Gasteiger partial charge < -0.3 is 0 Å². The van der Waals surface area contributed by atoms with Crippen LogP contribution in [0, 0.1) is 19.8 Å². The van der Waals surface area contributed by atoms with Crippen molar-refractivity contribution in [1.29, 1.82) is 0 Å². The third-order valence-electron chi connectivity index (χ3n) is 6.71. The number of aryl methyl sites for hydroxylation is 3. The summed E-state index contributed by atoms with van der Waals surface area (Å²) in [5, 5.41) is 0. The van der Waals surface area contributed by atoms with E-state index in [-0.39, 0.29) is 0 Å². The first kappa shape index (κ1) is 25.2. The predicted octanol–water partition coefficient (Wildman–Crippen LogP) is 10.6. The Morgan fingerprint density at radius 2 is 1.56 bits per heavy atom. The highest BCUT2D eigenvalue weighted by Gasteiger charge is 2.15. The van der Waals surface area contributed by atoms with Gasteiger partial charge in [-0.1, -0.05) is 90.0 Å². The molecule has 32 heavy (non-hydrogen) atoms. The smallest absolute Gasteiger partial charge is 0.0477 e. The highest BCUT2D eigenvalue weighted by Crippen LogP contribution is 2.42. The van der Waals surface area contributed by atoms with E-state index < -0.39 is 0 Å². The van der Waals surface area contributed by atoms with Gasteiger partial charge in [0.25, 0.3) is 0 Å². The number of rotatable bonds is 13. The van der Waals surface area contributed by atoms with Crippen LogP contribution in [0.15, 0.2) is 36.4 Å². The number of benzene rings is 1. The fourth-order valence-electron chi connectivity index (χ4n) is 4.68. The second-order valence-corrected chi connectivity index (χ2v) is 11.9. The highest BCUT2D eigenvalue weighted by molar-refractivity contribution is 7.22. The van der Waals surface area contributed by atoms with E-state index in [1.165, 1.54) is 100 Å². The van der Waals surface area contributed by atoms with Gasteiger partial charge >= 0.3 is 0 Å². The van der Waals surface area contributed by atoms with Gasteiger partial charge in [0.15, 0.2) is 0 Å². The van der Waals surface area contributed by atoms with Crippen molar-refractivity contribution in [2.75, 3.05) is 0 Å². The molecule has 0 aliphatic heterocycles. The van der Waals surface area contributed by atoms with E-state index in [9.17, 15) is 0 Å². The minimum absolute atomic E-state index is 0.827. The molecule has 2 heterocycles. The average Bonchev–Trinajstić information content (AvgIpc) is 3.36. The van der Waals surface area contributed by atoms with Gasteiger partial charge in [-0.3, -0.25) is 0 Å². The van der Waals surface area contributed by atoms with E-state index in [1.807, 2.05) is 22.7 Å². The zero-order valence-electron chi connectivity index (χ0n) is 20.9. The lowest BCUT2D eigenvalue weighted by molar-refractivity contribution is 0.449. The Hall–Kier alpha value is -1.38. The summed E-state index contributed by atoms with van der Waals surface area (Å²) >= 11 is 3.95. The minimum atomic E-state index is 0.827. The van der Waals surface area contributed by atoms with E-state index in [4.69, 9.17) is 0 Å². The number of hydrogen-bond acceptors (Lipinski definition) is 2. The van der Waals surface area contributed by atoms with Crippen molar-refractivity contribution in [2.24, 2.45) is 5.92 Å². The summed E-state index contributed by atoms with van der Waals surface area (Å²) in [4.78, 5) is 5.84. The first-order chi connectivity index (χ1) is 15.5. The van der Waals surface area contributed by atoms with Crippen LogP contribution in [0.5, 0.6) is 0 Å². The maximum absolute atomic E-state index is 2.45. The van der Waals surface area contributed by atoms with Crippen LogP contribution >= 0.6 is 22.7 Å². The molecule has 2 aromatic heterocycles. The first-order valence-electron chi connectivity index (χ1n) is 12.8. The fraction of sp³-hybridized carbons (Fsp3) is 0.533. The molecule has 0 bridgehead atoms. The normalized spacial score (nSPS) is 12.4. The molecule has 0 fully saturated rings. The Bertz CT molecular complexity index is 942. The maximum Gasteiger partial charge on any atom is 0.0477 e. The lowest BCUT2D eigenvalue weighted by Gasteiger charge is -2.14. The molecule has 0 saturated carbocycles. The Morgan fingerprint density at radius 1 is 0.812 bits per heavy atom. The largest absolute Gasteiger partial charge is 0.139 e. The molecule has 0 spiro atoms. The molecule has 0 nitrogen and oxygen atoms in total. The van der Waals surface area contributed by atoms with Crippen molar-refractivity contribution < 1.29 is 0 Å². The molecular formula is C30H42S2. The Labute approximate surface area is 205 Å². The van der Waals surface area contributed by atoms with Gasteiger partial charge in [0, 0.05) is 19.5 Å². The van der Waals surface area contributed by atoms with E-state index in [1.54, 1.807) is 5.56 Å². The van der Waals surface area contributed by atoms with Gasteiger partial charge in [0.1, 0.15) is 0 Å². The lowest BCUT2D eigenvalue weighted by Crippen LogP contribution is -2.03. The molecule has 0 saturated heterocycles. The molecule has 3 rings (SSSR count). The SMILES string of the molecule is CCCCCCc1cc(C)sc1-c1cc(-c2ccc(CC(CC)CCCC)cc2)c(C)s1. The molecule has 2 heteroatoms. The second-order valence-electron chi connectivity index (χ2n) is 9.42. The van der Waals surface area contributed by atoms with E-state index in [0.29, 0.717) is 0 Å². The molecule has 1 atom stereocenters. The Balaban J connectivity index is 1.74. The summed E-state index contributed by atoms with van der Waals surface area (Å²) in [7, 11) is 0. The highest BCUT2D eigenvalue weighted by atomic mass is 32.1. The van der Waals surface area contributed by atoms with Crippen molar-refractivity contribution in [3.63, 3.8) is 0 Å². The molecule has 0 radical (unpaired) electrons. The van der Waals surface area contributed by atoms with Gasteiger partial charge in [-0.05, 0) is 73.4 Å². The molecule has 0 aliphatic carbocycles. The third kappa shape index (κ3) is 6.81. The number of thiophene rings is 2. The van der Waals surface area contributed by atoms with Gasteiger partial charge in [-0.15, -0.1) is 22.7 Å². The Morgan fingerprint density at radius 3 is 2.25 bits per heavy atom. The van der Waals surface area contributed by atoms with E-state index in [0.717, 1.165) is 5.92 Å². The molecule has 0 amide bonds. The van der Waals surface area contributed by atoms with E-state index >= 15 is 0 Å².